The van der Waals surface area contributed by atoms with E-state index in [-0.39, 0.29) is 24.0 Å². The molecule has 1 spiro atoms. The second kappa shape index (κ2) is 4.52. The number of aliphatic hydroxyl groups excluding tert-OH is 1. The molecule has 1 aromatic rings. The molecule has 8 atom stereocenters. The maximum absolute atomic E-state index is 13.2. The summed E-state index contributed by atoms with van der Waals surface area (Å²) in [4.78, 5) is 15.7. The largest absolute Gasteiger partial charge is 0.468 e. The van der Waals surface area contributed by atoms with E-state index in [0.29, 0.717) is 6.04 Å². The van der Waals surface area contributed by atoms with Crippen LogP contribution in [0.4, 0.5) is 5.69 Å². The van der Waals surface area contributed by atoms with Crippen molar-refractivity contribution in [2.45, 2.75) is 49.4 Å². The number of methoxy groups -OCH3 is 1. The molecule has 1 aromatic carbocycles. The fourth-order valence-electron chi connectivity index (χ4n) is 7.49. The van der Waals surface area contributed by atoms with Crippen LogP contribution in [0.25, 0.3) is 0 Å². The summed E-state index contributed by atoms with van der Waals surface area (Å²) in [7, 11) is 1.46. The SMILES string of the molecule is C/C=C1/CN2[C@H]3CC45c6ccccc6NC4[C@@H]2CC1C3(C(=O)OC)[C@H]5O. The highest BCUT2D eigenvalue weighted by atomic mass is 16.5. The van der Waals surface area contributed by atoms with Crippen molar-refractivity contribution < 1.29 is 14.6 Å². The molecular weight excluding hydrogens is 328 g/mol. The second-order valence-electron chi connectivity index (χ2n) is 8.65. The van der Waals surface area contributed by atoms with E-state index < -0.39 is 16.9 Å². The van der Waals surface area contributed by atoms with E-state index in [4.69, 9.17) is 4.74 Å². The first-order valence-electron chi connectivity index (χ1n) is 9.64. The summed E-state index contributed by atoms with van der Waals surface area (Å²) in [6.07, 6.45) is 3.15. The zero-order chi connectivity index (χ0) is 17.8. The normalized spacial score (nSPS) is 50.5. The van der Waals surface area contributed by atoms with Crippen molar-refractivity contribution in [2.75, 3.05) is 19.0 Å². The van der Waals surface area contributed by atoms with Gasteiger partial charge in [0.15, 0.2) is 0 Å². The average molecular weight is 352 g/mol. The molecule has 4 saturated heterocycles. The molecule has 5 heterocycles. The number of rotatable bonds is 1. The number of aliphatic hydroxyl groups is 1. The minimum absolute atomic E-state index is 0.0570. The number of esters is 1. The molecular formula is C21H24N2O3. The molecule has 5 nitrogen and oxygen atoms in total. The van der Waals surface area contributed by atoms with Crippen LogP contribution in [-0.2, 0) is 14.9 Å². The number of hydrogen-bond donors (Lipinski definition) is 2. The Balaban J connectivity index is 1.65. The van der Waals surface area contributed by atoms with E-state index in [0.717, 1.165) is 25.1 Å². The lowest BCUT2D eigenvalue weighted by Gasteiger charge is -2.60. The Morgan fingerprint density at radius 3 is 3.00 bits per heavy atom. The van der Waals surface area contributed by atoms with Crippen LogP contribution < -0.4 is 5.32 Å². The van der Waals surface area contributed by atoms with Crippen LogP contribution in [0.1, 0.15) is 25.3 Å². The molecule has 5 aliphatic heterocycles. The number of carbonyl (C=O) groups is 1. The number of nitrogens with zero attached hydrogens (tertiary/aromatic N) is 1. The smallest absolute Gasteiger partial charge is 0.316 e. The van der Waals surface area contributed by atoms with E-state index in [9.17, 15) is 9.90 Å². The number of carbonyl (C=O) groups excluding carboxylic acids is 1. The lowest BCUT2D eigenvalue weighted by molar-refractivity contribution is -0.179. The Labute approximate surface area is 153 Å². The summed E-state index contributed by atoms with van der Waals surface area (Å²) in [6, 6.07) is 8.89. The highest BCUT2D eigenvalue weighted by molar-refractivity contribution is 5.84. The molecule has 7 rings (SSSR count). The number of para-hydroxylation sites is 1. The third-order valence-electron chi connectivity index (χ3n) is 8.30. The van der Waals surface area contributed by atoms with Gasteiger partial charge in [0.25, 0.3) is 0 Å². The van der Waals surface area contributed by atoms with Crippen molar-refractivity contribution >= 4 is 11.7 Å². The zero-order valence-electron chi connectivity index (χ0n) is 15.1. The molecule has 0 aromatic heterocycles. The Morgan fingerprint density at radius 1 is 1.42 bits per heavy atom. The summed E-state index contributed by atoms with van der Waals surface area (Å²) < 4.78 is 5.34. The Hall–Kier alpha value is -1.85. The number of hydrogen-bond acceptors (Lipinski definition) is 5. The summed E-state index contributed by atoms with van der Waals surface area (Å²) >= 11 is 0. The minimum Gasteiger partial charge on any atom is -0.468 e. The molecule has 1 aliphatic carbocycles. The molecule has 5 fully saturated rings. The van der Waals surface area contributed by atoms with E-state index in [2.05, 4.69) is 35.3 Å². The van der Waals surface area contributed by atoms with Crippen molar-refractivity contribution in [1.29, 1.82) is 0 Å². The van der Waals surface area contributed by atoms with E-state index in [1.807, 2.05) is 12.1 Å². The number of allylic oxidation sites excluding steroid dienone is 1. The zero-order valence-corrected chi connectivity index (χ0v) is 15.1. The van der Waals surface area contributed by atoms with Gasteiger partial charge in [-0.2, -0.15) is 0 Å². The van der Waals surface area contributed by atoms with Gasteiger partial charge >= 0.3 is 5.97 Å². The van der Waals surface area contributed by atoms with Gasteiger partial charge in [0.1, 0.15) is 5.41 Å². The van der Waals surface area contributed by atoms with Crippen molar-refractivity contribution in [3.63, 3.8) is 0 Å². The number of piperidine rings is 4. The van der Waals surface area contributed by atoms with Crippen molar-refractivity contribution in [3.05, 3.63) is 41.5 Å². The molecule has 26 heavy (non-hydrogen) atoms. The summed E-state index contributed by atoms with van der Waals surface area (Å²) in [5, 5.41) is 15.6. The van der Waals surface area contributed by atoms with Gasteiger partial charge in [0, 0.05) is 35.6 Å². The van der Waals surface area contributed by atoms with Gasteiger partial charge in [0.2, 0.25) is 0 Å². The Morgan fingerprint density at radius 2 is 2.23 bits per heavy atom. The first-order chi connectivity index (χ1) is 12.6. The first kappa shape index (κ1) is 15.2. The first-order valence-corrected chi connectivity index (χ1v) is 9.64. The Kier molecular flexibility index (Phi) is 2.65. The van der Waals surface area contributed by atoms with Gasteiger partial charge in [-0.3, -0.25) is 9.69 Å². The fraction of sp³-hybridized carbons (Fsp3) is 0.571. The molecule has 0 amide bonds. The minimum atomic E-state index is -0.848. The topological polar surface area (TPSA) is 61.8 Å². The van der Waals surface area contributed by atoms with E-state index >= 15 is 0 Å². The monoisotopic (exact) mass is 352 g/mol. The van der Waals surface area contributed by atoms with Crippen LogP contribution in [0.5, 0.6) is 0 Å². The quantitative estimate of drug-likeness (QED) is 0.595. The van der Waals surface area contributed by atoms with Gasteiger partial charge in [-0.15, -0.1) is 0 Å². The number of benzene rings is 1. The van der Waals surface area contributed by atoms with Crippen LogP contribution in [0.2, 0.25) is 0 Å². The number of ether oxygens (including phenoxy) is 1. The fourth-order valence-corrected chi connectivity index (χ4v) is 7.49. The molecule has 2 N–H and O–H groups in total. The van der Waals surface area contributed by atoms with Gasteiger partial charge in [-0.25, -0.2) is 0 Å². The highest BCUT2D eigenvalue weighted by Crippen LogP contribution is 2.71. The molecule has 0 radical (unpaired) electrons. The van der Waals surface area contributed by atoms with Crippen LogP contribution in [-0.4, -0.2) is 53.9 Å². The van der Waals surface area contributed by atoms with Crippen LogP contribution in [0.3, 0.4) is 0 Å². The third-order valence-corrected chi connectivity index (χ3v) is 8.30. The molecule has 136 valence electrons. The highest BCUT2D eigenvalue weighted by Gasteiger charge is 2.82. The number of anilines is 1. The van der Waals surface area contributed by atoms with E-state index in [1.165, 1.54) is 18.2 Å². The summed E-state index contributed by atoms with van der Waals surface area (Å²) in [5.41, 5.74) is 2.34. The average Bonchev–Trinajstić information content (AvgIpc) is 3.13. The predicted molar refractivity (Wildman–Crippen MR) is 96.7 cm³/mol. The van der Waals surface area contributed by atoms with Gasteiger partial charge in [-0.05, 0) is 31.4 Å². The molecule has 1 saturated carbocycles. The molecule has 5 heteroatoms. The maximum Gasteiger partial charge on any atom is 0.316 e. The summed E-state index contributed by atoms with van der Waals surface area (Å²) in [5.74, 6) is -0.154. The van der Waals surface area contributed by atoms with E-state index in [1.54, 1.807) is 0 Å². The molecule has 5 unspecified atom stereocenters. The Bertz CT molecular complexity index is 867. The molecule has 5 bridgehead atoms. The summed E-state index contributed by atoms with van der Waals surface area (Å²) in [6.45, 7) is 2.96. The lowest BCUT2D eigenvalue weighted by Crippen LogP contribution is -2.71. The van der Waals surface area contributed by atoms with Crippen LogP contribution in [0.15, 0.2) is 35.9 Å². The molecule has 6 aliphatic rings. The van der Waals surface area contributed by atoms with Crippen molar-refractivity contribution in [1.82, 2.24) is 4.90 Å². The second-order valence-corrected chi connectivity index (χ2v) is 8.65. The van der Waals surface area contributed by atoms with Gasteiger partial charge in [0.05, 0.1) is 19.3 Å². The van der Waals surface area contributed by atoms with Crippen molar-refractivity contribution in [3.8, 4) is 0 Å². The van der Waals surface area contributed by atoms with Crippen LogP contribution >= 0.6 is 0 Å². The standard InChI is InChI=1S/C21H24N2O3/c1-3-11-10-23-15-8-13(11)21(19(25)26-2)16(23)9-20(18(21)24)12-6-4-5-7-14(12)22-17(15)20/h3-7,13,15-18,22,24H,8-10H2,1-2H3/b11-3-/t13?,15-,16-,17?,18-,20?,21?/m0/s1. The van der Waals surface area contributed by atoms with Gasteiger partial charge < -0.3 is 15.2 Å². The van der Waals surface area contributed by atoms with Crippen molar-refractivity contribution in [2.24, 2.45) is 11.3 Å². The number of fused-ring (bicyclic) bond motifs is 2. The predicted octanol–water partition coefficient (Wildman–Crippen LogP) is 1.68. The van der Waals surface area contributed by atoms with Gasteiger partial charge in [-0.1, -0.05) is 29.8 Å². The third kappa shape index (κ3) is 1.28. The maximum atomic E-state index is 13.2. The lowest BCUT2D eigenvalue weighted by atomic mass is 9.58. The van der Waals surface area contributed by atoms with Crippen LogP contribution in [0, 0.1) is 11.3 Å². The number of nitrogens with one attached hydrogen (secondary N) is 1.